The van der Waals surface area contributed by atoms with E-state index in [4.69, 9.17) is 0 Å². The maximum Gasteiger partial charge on any atom is 0.137 e. The summed E-state index contributed by atoms with van der Waals surface area (Å²) in [5.41, 5.74) is 7.78. The predicted octanol–water partition coefficient (Wildman–Crippen LogP) is 9.27. The molecular formula is C37H44N4. The molecule has 0 heterocycles. The van der Waals surface area contributed by atoms with Gasteiger partial charge in [0.05, 0.1) is 0 Å². The highest BCUT2D eigenvalue weighted by Gasteiger charge is 2.22. The number of benzene rings is 2. The lowest BCUT2D eigenvalue weighted by Gasteiger charge is -2.22. The lowest BCUT2D eigenvalue weighted by atomic mass is 9.99. The quantitative estimate of drug-likeness (QED) is 0.236. The van der Waals surface area contributed by atoms with Crippen molar-refractivity contribution >= 4 is 23.5 Å². The molecule has 1 saturated carbocycles. The minimum atomic E-state index is 0.179. The number of allylic oxidation sites excluding steroid dienone is 8. The molecule has 0 aromatic heterocycles. The summed E-state index contributed by atoms with van der Waals surface area (Å²) in [5, 5.41) is 19.3. The fourth-order valence-corrected chi connectivity index (χ4v) is 5.22. The predicted molar refractivity (Wildman–Crippen MR) is 176 cm³/mol. The number of anilines is 2. The second-order valence-corrected chi connectivity index (χ2v) is 10.3. The summed E-state index contributed by atoms with van der Waals surface area (Å²) in [4.78, 5) is 4.78. The second-order valence-electron chi connectivity index (χ2n) is 10.3. The standard InChI is InChI=1S/C37H44N4/c1-5-9-27-41(8-4)36-24-18-31(19-25-36)13-11-15-33-21-20-32(37(33)34(28-38)29-39)14-10-12-30-16-22-35(23-17-30)40(7-3)26-6-2/h10-19,22-25H,5-9,20-21,26-27H2,1-4H3/b12-10+,13-11+,32-14-,33-15+. The van der Waals surface area contributed by atoms with Crippen LogP contribution < -0.4 is 9.80 Å². The lowest BCUT2D eigenvalue weighted by Crippen LogP contribution is -2.23. The Morgan fingerprint density at radius 1 is 0.683 bits per heavy atom. The second kappa shape index (κ2) is 16.7. The van der Waals surface area contributed by atoms with E-state index in [1.165, 1.54) is 24.2 Å². The van der Waals surface area contributed by atoms with Gasteiger partial charge in [-0.25, -0.2) is 0 Å². The summed E-state index contributed by atoms with van der Waals surface area (Å²) in [6, 6.07) is 21.5. The molecule has 0 radical (unpaired) electrons. The molecule has 0 amide bonds. The van der Waals surface area contributed by atoms with E-state index in [1.807, 2.05) is 12.2 Å². The van der Waals surface area contributed by atoms with Gasteiger partial charge in [-0.2, -0.15) is 10.5 Å². The Balaban J connectivity index is 1.75. The van der Waals surface area contributed by atoms with Gasteiger partial charge in [-0.05, 0) is 86.1 Å². The zero-order valence-corrected chi connectivity index (χ0v) is 25.2. The van der Waals surface area contributed by atoms with Crippen molar-refractivity contribution in [2.45, 2.75) is 59.8 Å². The van der Waals surface area contributed by atoms with Gasteiger partial charge in [0.25, 0.3) is 0 Å². The van der Waals surface area contributed by atoms with E-state index in [2.05, 4.69) is 122 Å². The molecule has 0 saturated heterocycles. The summed E-state index contributed by atoms with van der Waals surface area (Å²) in [7, 11) is 0. The molecular weight excluding hydrogens is 500 g/mol. The normalized spacial score (nSPS) is 15.1. The molecule has 2 aromatic rings. The Hall–Kier alpha value is -4.28. The van der Waals surface area contributed by atoms with Crippen molar-refractivity contribution in [1.82, 2.24) is 0 Å². The zero-order chi connectivity index (χ0) is 29.5. The first-order chi connectivity index (χ1) is 20.1. The van der Waals surface area contributed by atoms with E-state index in [0.717, 1.165) is 73.3 Å². The Labute approximate surface area is 247 Å². The first kappa shape index (κ1) is 31.3. The van der Waals surface area contributed by atoms with E-state index < -0.39 is 0 Å². The summed E-state index contributed by atoms with van der Waals surface area (Å²) in [6.45, 7) is 12.9. The highest BCUT2D eigenvalue weighted by molar-refractivity contribution is 5.65. The van der Waals surface area contributed by atoms with Crippen LogP contribution in [0.4, 0.5) is 11.4 Å². The maximum absolute atomic E-state index is 9.67. The Kier molecular flexibility index (Phi) is 12.8. The Morgan fingerprint density at radius 2 is 1.15 bits per heavy atom. The van der Waals surface area contributed by atoms with Crippen LogP contribution in [0.3, 0.4) is 0 Å². The molecule has 41 heavy (non-hydrogen) atoms. The van der Waals surface area contributed by atoms with Gasteiger partial charge in [0.15, 0.2) is 0 Å². The van der Waals surface area contributed by atoms with Gasteiger partial charge in [-0.3, -0.25) is 0 Å². The fraction of sp³-hybridized carbons (Fsp3) is 0.351. The number of hydrogen-bond acceptors (Lipinski definition) is 4. The number of unbranched alkanes of at least 4 members (excludes halogenated alkanes) is 1. The monoisotopic (exact) mass is 544 g/mol. The van der Waals surface area contributed by atoms with Gasteiger partial charge < -0.3 is 9.80 Å². The van der Waals surface area contributed by atoms with Gasteiger partial charge in [0.2, 0.25) is 0 Å². The molecule has 1 aliphatic carbocycles. The largest absolute Gasteiger partial charge is 0.372 e. The summed E-state index contributed by atoms with van der Waals surface area (Å²) >= 11 is 0. The zero-order valence-electron chi connectivity index (χ0n) is 25.2. The van der Waals surface area contributed by atoms with Crippen LogP contribution in [-0.2, 0) is 0 Å². The van der Waals surface area contributed by atoms with Crippen LogP contribution in [0, 0.1) is 22.7 Å². The molecule has 0 unspecified atom stereocenters. The first-order valence-electron chi connectivity index (χ1n) is 15.1. The molecule has 212 valence electrons. The van der Waals surface area contributed by atoms with Crippen molar-refractivity contribution in [2.75, 3.05) is 36.0 Å². The van der Waals surface area contributed by atoms with Crippen LogP contribution in [0.2, 0.25) is 0 Å². The number of nitriles is 2. The first-order valence-corrected chi connectivity index (χ1v) is 15.1. The molecule has 0 atom stereocenters. The van der Waals surface area contributed by atoms with Crippen LogP contribution >= 0.6 is 0 Å². The molecule has 1 aliphatic rings. The molecule has 4 nitrogen and oxygen atoms in total. The van der Waals surface area contributed by atoms with E-state index >= 15 is 0 Å². The topological polar surface area (TPSA) is 54.1 Å². The van der Waals surface area contributed by atoms with Gasteiger partial charge >= 0.3 is 0 Å². The van der Waals surface area contributed by atoms with Crippen LogP contribution in [0.1, 0.15) is 70.9 Å². The van der Waals surface area contributed by atoms with Crippen molar-refractivity contribution in [3.05, 3.63) is 106 Å². The van der Waals surface area contributed by atoms with Gasteiger partial charge in [0.1, 0.15) is 17.7 Å². The minimum absolute atomic E-state index is 0.179. The average molecular weight is 545 g/mol. The van der Waals surface area contributed by atoms with E-state index in [-0.39, 0.29) is 5.57 Å². The summed E-state index contributed by atoms with van der Waals surface area (Å²) in [5.74, 6) is 0. The van der Waals surface area contributed by atoms with Crippen molar-refractivity contribution in [1.29, 1.82) is 10.5 Å². The van der Waals surface area contributed by atoms with E-state index in [1.54, 1.807) is 0 Å². The minimum Gasteiger partial charge on any atom is -0.372 e. The highest BCUT2D eigenvalue weighted by Crippen LogP contribution is 2.38. The Morgan fingerprint density at radius 3 is 1.54 bits per heavy atom. The molecule has 2 aromatic carbocycles. The number of rotatable bonds is 13. The van der Waals surface area contributed by atoms with Crippen LogP contribution in [0.5, 0.6) is 0 Å². The van der Waals surface area contributed by atoms with Gasteiger partial charge in [-0.1, -0.05) is 81.0 Å². The molecule has 4 heteroatoms. The molecule has 0 spiro atoms. The Bertz CT molecular complexity index is 1340. The van der Waals surface area contributed by atoms with Crippen LogP contribution in [0.15, 0.2) is 95.1 Å². The van der Waals surface area contributed by atoms with Gasteiger partial charge in [0, 0.05) is 43.1 Å². The fourth-order valence-electron chi connectivity index (χ4n) is 5.22. The van der Waals surface area contributed by atoms with Crippen LogP contribution in [-0.4, -0.2) is 26.2 Å². The number of hydrogen-bond donors (Lipinski definition) is 0. The maximum atomic E-state index is 9.67. The van der Waals surface area contributed by atoms with Crippen molar-refractivity contribution in [3.8, 4) is 12.1 Å². The average Bonchev–Trinajstić information content (AvgIpc) is 3.40. The van der Waals surface area contributed by atoms with Crippen molar-refractivity contribution < 1.29 is 0 Å². The van der Waals surface area contributed by atoms with Crippen LogP contribution in [0.25, 0.3) is 12.2 Å². The number of nitrogens with zero attached hydrogens (tertiary/aromatic N) is 4. The molecule has 0 bridgehead atoms. The molecule has 0 aliphatic heterocycles. The summed E-state index contributed by atoms with van der Waals surface area (Å²) < 4.78 is 0. The molecule has 1 fully saturated rings. The SMILES string of the molecule is CCCCN(CC)c1ccc(/C=C/C=C2\CC/C(=C/C=C/c3ccc(N(CC)CCC)cc3)C2=C(C#N)C#N)cc1. The van der Waals surface area contributed by atoms with Gasteiger partial charge in [-0.15, -0.1) is 0 Å². The van der Waals surface area contributed by atoms with E-state index in [9.17, 15) is 10.5 Å². The lowest BCUT2D eigenvalue weighted by molar-refractivity contribution is 0.732. The third-order valence-electron chi connectivity index (χ3n) is 7.51. The smallest absolute Gasteiger partial charge is 0.137 e. The van der Waals surface area contributed by atoms with Crippen molar-refractivity contribution in [2.24, 2.45) is 0 Å². The summed E-state index contributed by atoms with van der Waals surface area (Å²) in [6.07, 6.45) is 17.5. The third-order valence-corrected chi connectivity index (χ3v) is 7.51. The third kappa shape index (κ3) is 8.86. The van der Waals surface area contributed by atoms with E-state index in [0.29, 0.717) is 0 Å². The molecule has 0 N–H and O–H groups in total. The highest BCUT2D eigenvalue weighted by atomic mass is 15.1. The van der Waals surface area contributed by atoms with Crippen molar-refractivity contribution in [3.63, 3.8) is 0 Å². The molecule has 3 rings (SSSR count).